The lowest BCUT2D eigenvalue weighted by atomic mass is 9.96. The van der Waals surface area contributed by atoms with Gasteiger partial charge in [-0.25, -0.2) is 4.79 Å². The molecule has 2 heterocycles. The summed E-state index contributed by atoms with van der Waals surface area (Å²) in [6.45, 7) is 13.8. The van der Waals surface area contributed by atoms with Crippen molar-refractivity contribution in [3.05, 3.63) is 11.7 Å². The summed E-state index contributed by atoms with van der Waals surface area (Å²) in [5, 5.41) is 6.95. The molecule has 0 spiro atoms. The Morgan fingerprint density at radius 3 is 2.68 bits per heavy atom. The van der Waals surface area contributed by atoms with Gasteiger partial charge in [-0.05, 0) is 20.8 Å². The highest BCUT2D eigenvalue weighted by Gasteiger charge is 2.31. The van der Waals surface area contributed by atoms with Gasteiger partial charge >= 0.3 is 6.03 Å². The Kier molecular flexibility index (Phi) is 4.75. The first-order chi connectivity index (χ1) is 10.1. The third-order valence-corrected chi connectivity index (χ3v) is 4.83. The van der Waals surface area contributed by atoms with Crippen LogP contribution in [0.25, 0.3) is 0 Å². The topological polar surface area (TPSA) is 71.3 Å². The third kappa shape index (κ3) is 4.15. The van der Waals surface area contributed by atoms with Gasteiger partial charge in [-0.1, -0.05) is 25.9 Å². The minimum absolute atomic E-state index is 0.0728. The van der Waals surface area contributed by atoms with Crippen molar-refractivity contribution in [1.82, 2.24) is 20.4 Å². The van der Waals surface area contributed by atoms with Crippen LogP contribution in [0, 0.1) is 0 Å². The Labute approximate surface area is 136 Å². The van der Waals surface area contributed by atoms with Crippen LogP contribution in [-0.4, -0.2) is 44.7 Å². The molecular formula is C15H26N4O2S. The Balaban J connectivity index is 1.98. The predicted molar refractivity (Wildman–Crippen MR) is 88.1 cm³/mol. The number of aromatic nitrogens is 2. The number of carbonyl (C=O) groups excluding carboxylic acids is 1. The second kappa shape index (κ2) is 6.10. The number of nitrogens with one attached hydrogen (secondary N) is 1. The van der Waals surface area contributed by atoms with Crippen LogP contribution in [-0.2, 0) is 5.41 Å². The van der Waals surface area contributed by atoms with E-state index in [2.05, 4.69) is 29.3 Å². The lowest BCUT2D eigenvalue weighted by molar-refractivity contribution is 0.188. The van der Waals surface area contributed by atoms with Gasteiger partial charge in [0.25, 0.3) is 0 Å². The summed E-state index contributed by atoms with van der Waals surface area (Å²) >= 11 is 1.90. The van der Waals surface area contributed by atoms with Gasteiger partial charge in [0.1, 0.15) is 6.04 Å². The van der Waals surface area contributed by atoms with Crippen LogP contribution >= 0.6 is 11.8 Å². The normalized spacial score (nSPS) is 19.8. The number of rotatable bonds is 2. The maximum Gasteiger partial charge on any atom is 0.318 e. The van der Waals surface area contributed by atoms with Gasteiger partial charge in [0, 0.05) is 29.0 Å². The standard InChI is InChI=1S/C15H26N4O2S/c1-10(11-17-12(18-21-11)14(2,3)4)16-13(20)19-7-8-22-15(5,6)9-19/h10H,7-9H2,1-6H3,(H,16,20)/t10-/m1/s1. The van der Waals surface area contributed by atoms with E-state index >= 15 is 0 Å². The SMILES string of the molecule is C[C@@H](NC(=O)N1CCSC(C)(C)C1)c1nc(C(C)(C)C)no1. The summed E-state index contributed by atoms with van der Waals surface area (Å²) < 4.78 is 5.38. The summed E-state index contributed by atoms with van der Waals surface area (Å²) in [7, 11) is 0. The first-order valence-corrected chi connectivity index (χ1v) is 8.60. The number of thioether (sulfide) groups is 1. The zero-order valence-corrected chi connectivity index (χ0v) is 15.1. The van der Waals surface area contributed by atoms with Crippen molar-refractivity contribution in [3.63, 3.8) is 0 Å². The van der Waals surface area contributed by atoms with Gasteiger partial charge in [0.2, 0.25) is 5.89 Å². The second-order valence-corrected chi connectivity index (χ2v) is 9.21. The maximum atomic E-state index is 12.4. The second-order valence-electron chi connectivity index (χ2n) is 7.41. The molecule has 1 N–H and O–H groups in total. The van der Waals surface area contributed by atoms with E-state index in [0.29, 0.717) is 11.7 Å². The molecule has 0 unspecified atom stereocenters. The summed E-state index contributed by atoms with van der Waals surface area (Å²) in [4.78, 5) is 18.6. The molecule has 0 saturated carbocycles. The molecule has 1 aromatic heterocycles. The molecule has 7 heteroatoms. The smallest absolute Gasteiger partial charge is 0.318 e. The molecule has 0 radical (unpaired) electrons. The monoisotopic (exact) mass is 326 g/mol. The lowest BCUT2D eigenvalue weighted by Crippen LogP contribution is -2.50. The molecule has 124 valence electrons. The van der Waals surface area contributed by atoms with Crippen molar-refractivity contribution in [3.8, 4) is 0 Å². The summed E-state index contributed by atoms with van der Waals surface area (Å²) in [5.74, 6) is 2.06. The average Bonchev–Trinajstić information content (AvgIpc) is 2.86. The molecule has 1 aliphatic rings. The summed E-state index contributed by atoms with van der Waals surface area (Å²) in [6.07, 6.45) is 0. The maximum absolute atomic E-state index is 12.4. The van der Waals surface area contributed by atoms with E-state index in [1.54, 1.807) is 0 Å². The molecule has 1 atom stereocenters. The number of carbonyl (C=O) groups is 1. The van der Waals surface area contributed by atoms with Gasteiger partial charge in [-0.2, -0.15) is 16.7 Å². The van der Waals surface area contributed by atoms with Gasteiger partial charge in [-0.3, -0.25) is 0 Å². The first kappa shape index (κ1) is 17.1. The molecule has 1 fully saturated rings. The molecule has 2 amide bonds. The van der Waals surface area contributed by atoms with Crippen LogP contribution in [0.2, 0.25) is 0 Å². The summed E-state index contributed by atoms with van der Waals surface area (Å²) in [5.41, 5.74) is -0.167. The van der Waals surface area contributed by atoms with E-state index in [-0.39, 0.29) is 22.2 Å². The van der Waals surface area contributed by atoms with Crippen molar-refractivity contribution in [2.24, 2.45) is 0 Å². The van der Waals surface area contributed by atoms with Gasteiger partial charge in [0.05, 0.1) is 0 Å². The third-order valence-electron chi connectivity index (χ3n) is 3.54. The minimum atomic E-state index is -0.297. The quantitative estimate of drug-likeness (QED) is 0.904. The molecule has 0 aliphatic carbocycles. The summed E-state index contributed by atoms with van der Waals surface area (Å²) in [6, 6.07) is -0.370. The lowest BCUT2D eigenvalue weighted by Gasteiger charge is -2.37. The number of nitrogens with zero attached hydrogens (tertiary/aromatic N) is 3. The molecule has 1 saturated heterocycles. The molecule has 22 heavy (non-hydrogen) atoms. The van der Waals surface area contributed by atoms with Crippen LogP contribution in [0.4, 0.5) is 4.79 Å². The van der Waals surface area contributed by atoms with Crippen LogP contribution in [0.3, 0.4) is 0 Å². The molecule has 1 aliphatic heterocycles. The van der Waals surface area contributed by atoms with Gasteiger partial charge in [-0.15, -0.1) is 0 Å². The van der Waals surface area contributed by atoms with Crippen molar-refractivity contribution >= 4 is 17.8 Å². The van der Waals surface area contributed by atoms with E-state index in [0.717, 1.165) is 18.8 Å². The Morgan fingerprint density at radius 2 is 2.14 bits per heavy atom. The highest BCUT2D eigenvalue weighted by atomic mass is 32.2. The minimum Gasteiger partial charge on any atom is -0.337 e. The van der Waals surface area contributed by atoms with Crippen LogP contribution in [0.1, 0.15) is 59.3 Å². The van der Waals surface area contributed by atoms with E-state index in [9.17, 15) is 4.79 Å². The number of hydrogen-bond acceptors (Lipinski definition) is 5. The Morgan fingerprint density at radius 1 is 1.45 bits per heavy atom. The largest absolute Gasteiger partial charge is 0.337 e. The number of amides is 2. The molecular weight excluding hydrogens is 300 g/mol. The molecule has 0 aromatic carbocycles. The fourth-order valence-corrected chi connectivity index (χ4v) is 3.36. The van der Waals surface area contributed by atoms with E-state index in [1.807, 2.05) is 44.4 Å². The first-order valence-electron chi connectivity index (χ1n) is 7.62. The van der Waals surface area contributed by atoms with E-state index < -0.39 is 0 Å². The van der Waals surface area contributed by atoms with Gasteiger partial charge in [0.15, 0.2) is 5.82 Å². The van der Waals surface area contributed by atoms with E-state index in [4.69, 9.17) is 4.52 Å². The van der Waals surface area contributed by atoms with E-state index in [1.165, 1.54) is 0 Å². The molecule has 6 nitrogen and oxygen atoms in total. The zero-order chi connectivity index (χ0) is 16.5. The predicted octanol–water partition coefficient (Wildman–Crippen LogP) is 2.97. The van der Waals surface area contributed by atoms with Crippen LogP contribution in [0.5, 0.6) is 0 Å². The number of hydrogen-bond donors (Lipinski definition) is 1. The Bertz CT molecular complexity index is 536. The van der Waals surface area contributed by atoms with Gasteiger partial charge < -0.3 is 14.7 Å². The van der Waals surface area contributed by atoms with Crippen LogP contribution in [0.15, 0.2) is 4.52 Å². The molecule has 0 bridgehead atoms. The molecule has 2 rings (SSSR count). The Hall–Kier alpha value is -1.24. The van der Waals surface area contributed by atoms with Crippen molar-refractivity contribution in [2.75, 3.05) is 18.8 Å². The van der Waals surface area contributed by atoms with Crippen molar-refractivity contribution < 1.29 is 9.32 Å². The van der Waals surface area contributed by atoms with Crippen molar-refractivity contribution in [2.45, 2.75) is 57.7 Å². The fraction of sp³-hybridized carbons (Fsp3) is 0.800. The average molecular weight is 326 g/mol. The number of urea groups is 1. The molecule has 1 aromatic rings. The van der Waals surface area contributed by atoms with Crippen molar-refractivity contribution in [1.29, 1.82) is 0 Å². The fourth-order valence-electron chi connectivity index (χ4n) is 2.24. The highest BCUT2D eigenvalue weighted by Crippen LogP contribution is 2.29. The highest BCUT2D eigenvalue weighted by molar-refractivity contribution is 8.00. The van der Waals surface area contributed by atoms with Crippen LogP contribution < -0.4 is 5.32 Å². The zero-order valence-electron chi connectivity index (χ0n) is 14.3.